The van der Waals surface area contributed by atoms with Gasteiger partial charge in [-0.1, -0.05) is 6.08 Å². The molecule has 130 valence electrons. The molecule has 0 aliphatic rings. The summed E-state index contributed by atoms with van der Waals surface area (Å²) in [5.41, 5.74) is 8.96. The normalized spacial score (nSPS) is 10.4. The number of carboxylic acid groups (broad SMARTS) is 1. The minimum atomic E-state index is -0.892. The standard InChI is InChI=1S/C18H15N5O2S/c1-2-3-23-9-12(8-21-23)13-6-15(22-18(20)14(13)7-19)16-4-11(10-26-16)5-17(24)25/h2,4,6,8-10H,1,3,5H2,(H2,20,22)(H,24,25). The molecule has 0 saturated carbocycles. The van der Waals surface area contributed by atoms with E-state index in [0.29, 0.717) is 23.4 Å². The highest BCUT2D eigenvalue weighted by Crippen LogP contribution is 2.33. The van der Waals surface area contributed by atoms with Crippen LogP contribution >= 0.6 is 11.3 Å². The number of carbonyl (C=O) groups is 1. The van der Waals surface area contributed by atoms with Gasteiger partial charge in [0.15, 0.2) is 0 Å². The molecule has 0 fully saturated rings. The van der Waals surface area contributed by atoms with Crippen LogP contribution in [-0.2, 0) is 17.8 Å². The van der Waals surface area contributed by atoms with E-state index in [2.05, 4.69) is 22.7 Å². The van der Waals surface area contributed by atoms with Crippen molar-refractivity contribution >= 4 is 23.1 Å². The van der Waals surface area contributed by atoms with Crippen LogP contribution in [0.3, 0.4) is 0 Å². The van der Waals surface area contributed by atoms with Gasteiger partial charge in [-0.3, -0.25) is 9.48 Å². The van der Waals surface area contributed by atoms with E-state index in [0.717, 1.165) is 10.4 Å². The van der Waals surface area contributed by atoms with Crippen molar-refractivity contribution in [2.24, 2.45) is 0 Å². The predicted molar refractivity (Wildman–Crippen MR) is 99.4 cm³/mol. The first-order valence-electron chi connectivity index (χ1n) is 7.65. The van der Waals surface area contributed by atoms with Gasteiger partial charge in [-0.25, -0.2) is 4.98 Å². The van der Waals surface area contributed by atoms with E-state index in [9.17, 15) is 10.1 Å². The van der Waals surface area contributed by atoms with E-state index >= 15 is 0 Å². The van der Waals surface area contributed by atoms with Crippen LogP contribution < -0.4 is 5.73 Å². The first kappa shape index (κ1) is 17.4. The molecule has 7 nitrogen and oxygen atoms in total. The first-order valence-corrected chi connectivity index (χ1v) is 8.53. The van der Waals surface area contributed by atoms with Crippen LogP contribution in [0.25, 0.3) is 21.7 Å². The lowest BCUT2D eigenvalue weighted by atomic mass is 10.0. The summed E-state index contributed by atoms with van der Waals surface area (Å²) >= 11 is 1.39. The molecule has 0 spiro atoms. The third-order valence-electron chi connectivity index (χ3n) is 3.68. The highest BCUT2D eigenvalue weighted by Gasteiger charge is 2.16. The fourth-order valence-corrected chi connectivity index (χ4v) is 3.42. The topological polar surface area (TPSA) is 118 Å². The van der Waals surface area contributed by atoms with Gasteiger partial charge in [0.2, 0.25) is 0 Å². The van der Waals surface area contributed by atoms with E-state index in [1.807, 2.05) is 6.20 Å². The number of pyridine rings is 1. The predicted octanol–water partition coefficient (Wildman–Crippen LogP) is 2.94. The van der Waals surface area contributed by atoms with Crippen molar-refractivity contribution in [3.05, 3.63) is 53.7 Å². The summed E-state index contributed by atoms with van der Waals surface area (Å²) in [4.78, 5) is 16.0. The summed E-state index contributed by atoms with van der Waals surface area (Å²) in [5.74, 6) is -0.762. The van der Waals surface area contributed by atoms with Crippen LogP contribution in [0.5, 0.6) is 0 Å². The maximum atomic E-state index is 10.9. The molecule has 3 N–H and O–H groups in total. The summed E-state index contributed by atoms with van der Waals surface area (Å²) in [6.45, 7) is 4.23. The Bertz CT molecular complexity index is 1030. The van der Waals surface area contributed by atoms with Crippen molar-refractivity contribution in [1.29, 1.82) is 5.26 Å². The number of carboxylic acids is 1. The molecule has 0 atom stereocenters. The van der Waals surface area contributed by atoms with Crippen LogP contribution in [-0.4, -0.2) is 25.8 Å². The highest BCUT2D eigenvalue weighted by molar-refractivity contribution is 7.13. The molecule has 0 bridgehead atoms. The number of hydrogen-bond acceptors (Lipinski definition) is 6. The van der Waals surface area contributed by atoms with Gasteiger partial charge in [0.25, 0.3) is 0 Å². The zero-order valence-corrected chi connectivity index (χ0v) is 14.5. The van der Waals surface area contributed by atoms with Crippen molar-refractivity contribution < 1.29 is 9.90 Å². The molecule has 0 radical (unpaired) electrons. The minimum absolute atomic E-state index is 0.0521. The van der Waals surface area contributed by atoms with Gasteiger partial charge in [-0.2, -0.15) is 10.4 Å². The summed E-state index contributed by atoms with van der Waals surface area (Å²) in [5, 5.41) is 24.4. The van der Waals surface area contributed by atoms with Crippen molar-refractivity contribution in [1.82, 2.24) is 14.8 Å². The van der Waals surface area contributed by atoms with E-state index in [1.54, 1.807) is 34.5 Å². The Balaban J connectivity index is 2.07. The Hall–Kier alpha value is -3.44. The quantitative estimate of drug-likeness (QED) is 0.648. The number of nitrogen functional groups attached to an aromatic ring is 1. The molecule has 0 amide bonds. The van der Waals surface area contributed by atoms with Gasteiger partial charge in [-0.05, 0) is 23.1 Å². The van der Waals surface area contributed by atoms with Gasteiger partial charge >= 0.3 is 5.97 Å². The second-order valence-corrected chi connectivity index (χ2v) is 6.47. The Kier molecular flexibility index (Phi) is 4.82. The van der Waals surface area contributed by atoms with Crippen molar-refractivity contribution in [3.8, 4) is 27.8 Å². The number of anilines is 1. The Morgan fingerprint density at radius 2 is 2.31 bits per heavy atom. The minimum Gasteiger partial charge on any atom is -0.481 e. The molecule has 0 saturated heterocycles. The molecular formula is C18H15N5O2S. The van der Waals surface area contributed by atoms with Gasteiger partial charge in [-0.15, -0.1) is 17.9 Å². The van der Waals surface area contributed by atoms with E-state index in [4.69, 9.17) is 10.8 Å². The molecule has 8 heteroatoms. The summed E-state index contributed by atoms with van der Waals surface area (Å²) < 4.78 is 1.70. The van der Waals surface area contributed by atoms with Crippen LogP contribution in [0.4, 0.5) is 5.82 Å². The average molecular weight is 365 g/mol. The van der Waals surface area contributed by atoms with Crippen LogP contribution in [0.15, 0.2) is 42.6 Å². The lowest BCUT2D eigenvalue weighted by molar-refractivity contribution is -0.136. The second-order valence-electron chi connectivity index (χ2n) is 5.56. The molecule has 3 rings (SSSR count). The smallest absolute Gasteiger partial charge is 0.307 e. The highest BCUT2D eigenvalue weighted by atomic mass is 32.1. The number of hydrogen-bond donors (Lipinski definition) is 2. The number of nitrogens with two attached hydrogens (primary N) is 1. The first-order chi connectivity index (χ1) is 12.5. The van der Waals surface area contributed by atoms with Crippen molar-refractivity contribution in [2.75, 3.05) is 5.73 Å². The maximum Gasteiger partial charge on any atom is 0.307 e. The van der Waals surface area contributed by atoms with Crippen LogP contribution in [0, 0.1) is 11.3 Å². The average Bonchev–Trinajstić information content (AvgIpc) is 3.23. The molecule has 0 aliphatic heterocycles. The van der Waals surface area contributed by atoms with Crippen molar-refractivity contribution in [2.45, 2.75) is 13.0 Å². The number of aliphatic carboxylic acids is 1. The Morgan fingerprint density at radius 1 is 1.50 bits per heavy atom. The number of nitrogens with zero attached hydrogens (tertiary/aromatic N) is 4. The number of nitriles is 1. The molecule has 3 aromatic heterocycles. The summed E-state index contributed by atoms with van der Waals surface area (Å²) in [7, 11) is 0. The van der Waals surface area contributed by atoms with E-state index in [1.165, 1.54) is 11.3 Å². The van der Waals surface area contributed by atoms with Gasteiger partial charge < -0.3 is 10.8 Å². The zero-order chi connectivity index (χ0) is 18.7. The second kappa shape index (κ2) is 7.21. The van der Waals surface area contributed by atoms with Crippen LogP contribution in [0.2, 0.25) is 0 Å². The van der Waals surface area contributed by atoms with Crippen molar-refractivity contribution in [3.63, 3.8) is 0 Å². The molecule has 26 heavy (non-hydrogen) atoms. The Labute approximate surface area is 153 Å². The Morgan fingerprint density at radius 3 is 3.00 bits per heavy atom. The summed E-state index contributed by atoms with van der Waals surface area (Å²) in [6, 6.07) is 5.65. The third kappa shape index (κ3) is 3.48. The molecular weight excluding hydrogens is 350 g/mol. The fraction of sp³-hybridized carbons (Fsp3) is 0.111. The SMILES string of the molecule is C=CCn1cc(-c2cc(-c3cc(CC(=O)O)cs3)nc(N)c2C#N)cn1. The molecule has 0 aromatic carbocycles. The van der Waals surface area contributed by atoms with E-state index < -0.39 is 5.97 Å². The van der Waals surface area contributed by atoms with Crippen LogP contribution in [0.1, 0.15) is 11.1 Å². The number of allylic oxidation sites excluding steroid dienone is 1. The monoisotopic (exact) mass is 365 g/mol. The van der Waals surface area contributed by atoms with Gasteiger partial charge in [0, 0.05) is 17.3 Å². The summed E-state index contributed by atoms with van der Waals surface area (Å²) in [6.07, 6.45) is 5.14. The van der Waals surface area contributed by atoms with Gasteiger partial charge in [0.05, 0.1) is 29.7 Å². The largest absolute Gasteiger partial charge is 0.481 e. The molecule has 3 aromatic rings. The molecule has 0 unspecified atom stereocenters. The number of thiophene rings is 1. The third-order valence-corrected chi connectivity index (χ3v) is 4.68. The van der Waals surface area contributed by atoms with Gasteiger partial charge in [0.1, 0.15) is 17.5 Å². The molecule has 0 aliphatic carbocycles. The lowest BCUT2D eigenvalue weighted by Crippen LogP contribution is -1.99. The maximum absolute atomic E-state index is 10.9. The fourth-order valence-electron chi connectivity index (χ4n) is 2.55. The number of rotatable bonds is 6. The molecule has 3 heterocycles. The van der Waals surface area contributed by atoms with E-state index in [-0.39, 0.29) is 17.8 Å². The lowest BCUT2D eigenvalue weighted by Gasteiger charge is -2.07. The zero-order valence-electron chi connectivity index (χ0n) is 13.7. The number of aromatic nitrogens is 3.